The topological polar surface area (TPSA) is 62.2 Å². The van der Waals surface area contributed by atoms with Gasteiger partial charge in [-0.25, -0.2) is 9.18 Å². The molecule has 5 heteroatoms. The first-order valence-corrected chi connectivity index (χ1v) is 5.82. The van der Waals surface area contributed by atoms with E-state index in [-0.39, 0.29) is 11.4 Å². The fourth-order valence-corrected chi connectivity index (χ4v) is 1.75. The highest BCUT2D eigenvalue weighted by Crippen LogP contribution is 2.13. The third kappa shape index (κ3) is 3.51. The highest BCUT2D eigenvalue weighted by molar-refractivity contribution is 5.93. The Hall–Kier alpha value is -2.43. The minimum atomic E-state index is -1.03. The number of halogens is 1. The summed E-state index contributed by atoms with van der Waals surface area (Å²) in [6.45, 7) is 0.522. The van der Waals surface area contributed by atoms with Crippen LogP contribution in [-0.2, 0) is 6.42 Å². The zero-order chi connectivity index (χ0) is 13.7. The molecule has 0 spiro atoms. The zero-order valence-electron chi connectivity index (χ0n) is 10.1. The Kier molecular flexibility index (Phi) is 4.07. The lowest BCUT2D eigenvalue weighted by molar-refractivity contribution is 0.0697. The fourth-order valence-electron chi connectivity index (χ4n) is 1.75. The molecule has 19 heavy (non-hydrogen) atoms. The lowest BCUT2D eigenvalue weighted by Crippen LogP contribution is -2.09. The number of aromatic nitrogens is 1. The van der Waals surface area contributed by atoms with Crippen molar-refractivity contribution in [2.24, 2.45) is 0 Å². The van der Waals surface area contributed by atoms with Crippen molar-refractivity contribution < 1.29 is 14.3 Å². The van der Waals surface area contributed by atoms with Gasteiger partial charge in [-0.2, -0.15) is 0 Å². The van der Waals surface area contributed by atoms with Crippen LogP contribution in [0.2, 0.25) is 0 Å². The largest absolute Gasteiger partial charge is 0.478 e. The molecule has 2 rings (SSSR count). The number of benzene rings is 1. The van der Waals surface area contributed by atoms with Gasteiger partial charge in [-0.15, -0.1) is 0 Å². The van der Waals surface area contributed by atoms with Crippen molar-refractivity contribution in [2.45, 2.75) is 6.42 Å². The first-order valence-electron chi connectivity index (χ1n) is 5.82. The molecule has 2 aromatic rings. The number of rotatable bonds is 5. The average molecular weight is 260 g/mol. The van der Waals surface area contributed by atoms with E-state index in [1.165, 1.54) is 24.5 Å². The molecular weight excluding hydrogens is 247 g/mol. The van der Waals surface area contributed by atoms with Crippen molar-refractivity contribution in [2.75, 3.05) is 11.9 Å². The molecule has 0 saturated heterocycles. The van der Waals surface area contributed by atoms with E-state index in [4.69, 9.17) is 5.11 Å². The number of carboxylic acid groups (broad SMARTS) is 1. The van der Waals surface area contributed by atoms with Crippen LogP contribution < -0.4 is 5.32 Å². The fraction of sp³-hybridized carbons (Fsp3) is 0.143. The van der Waals surface area contributed by atoms with Gasteiger partial charge < -0.3 is 10.4 Å². The van der Waals surface area contributed by atoms with Crippen LogP contribution in [0.15, 0.2) is 42.7 Å². The Labute approximate surface area is 109 Å². The molecule has 98 valence electrons. The summed E-state index contributed by atoms with van der Waals surface area (Å²) in [5, 5.41) is 12.0. The van der Waals surface area contributed by atoms with Crippen LogP contribution in [0.1, 0.15) is 15.9 Å². The maximum Gasteiger partial charge on any atom is 0.339 e. The van der Waals surface area contributed by atoms with E-state index < -0.39 is 5.97 Å². The summed E-state index contributed by atoms with van der Waals surface area (Å²) in [6, 6.07) is 7.94. The van der Waals surface area contributed by atoms with Crippen LogP contribution in [0.4, 0.5) is 10.1 Å². The first kappa shape index (κ1) is 13.0. The molecule has 0 atom stereocenters. The number of pyridine rings is 1. The predicted octanol–water partition coefficient (Wildman–Crippen LogP) is 2.57. The standard InChI is InChI=1S/C14H13FN2O2/c15-11-3-1-2-10(8-11)4-7-17-13-5-6-16-9-12(13)14(18)19/h1-3,5-6,8-9H,4,7H2,(H,16,17)(H,18,19). The third-order valence-corrected chi connectivity index (χ3v) is 2.67. The zero-order valence-corrected chi connectivity index (χ0v) is 10.1. The van der Waals surface area contributed by atoms with Crippen LogP contribution in [0.5, 0.6) is 0 Å². The maximum absolute atomic E-state index is 13.0. The lowest BCUT2D eigenvalue weighted by atomic mass is 10.1. The molecule has 0 saturated carbocycles. The summed E-state index contributed by atoms with van der Waals surface area (Å²) >= 11 is 0. The molecule has 0 amide bonds. The van der Waals surface area contributed by atoms with Crippen molar-refractivity contribution in [3.63, 3.8) is 0 Å². The van der Waals surface area contributed by atoms with E-state index in [1.807, 2.05) is 6.07 Å². The van der Waals surface area contributed by atoms with Gasteiger partial charge in [0.1, 0.15) is 11.4 Å². The van der Waals surface area contributed by atoms with E-state index in [2.05, 4.69) is 10.3 Å². The number of nitrogens with zero attached hydrogens (tertiary/aromatic N) is 1. The van der Waals surface area contributed by atoms with Crippen molar-refractivity contribution in [1.29, 1.82) is 0 Å². The highest BCUT2D eigenvalue weighted by Gasteiger charge is 2.08. The Bertz CT molecular complexity index is 587. The molecule has 0 radical (unpaired) electrons. The summed E-state index contributed by atoms with van der Waals surface area (Å²) in [5.41, 5.74) is 1.50. The molecule has 0 bridgehead atoms. The van der Waals surface area contributed by atoms with E-state index in [1.54, 1.807) is 12.1 Å². The molecule has 4 nitrogen and oxygen atoms in total. The SMILES string of the molecule is O=C(O)c1cnccc1NCCc1cccc(F)c1. The van der Waals surface area contributed by atoms with E-state index in [9.17, 15) is 9.18 Å². The minimum Gasteiger partial charge on any atom is -0.478 e. The lowest BCUT2D eigenvalue weighted by Gasteiger charge is -2.08. The van der Waals surface area contributed by atoms with Crippen molar-refractivity contribution in [3.8, 4) is 0 Å². The number of carboxylic acids is 1. The molecule has 0 aliphatic carbocycles. The van der Waals surface area contributed by atoms with Crippen LogP contribution in [0.3, 0.4) is 0 Å². The number of hydrogen-bond acceptors (Lipinski definition) is 3. The quantitative estimate of drug-likeness (QED) is 0.867. The number of carbonyl (C=O) groups is 1. The van der Waals surface area contributed by atoms with Gasteiger partial charge in [0.05, 0.1) is 5.69 Å². The Morgan fingerprint density at radius 1 is 1.37 bits per heavy atom. The van der Waals surface area contributed by atoms with Crippen LogP contribution in [-0.4, -0.2) is 22.6 Å². The number of nitrogens with one attached hydrogen (secondary N) is 1. The second kappa shape index (κ2) is 5.95. The molecule has 1 aromatic carbocycles. The van der Waals surface area contributed by atoms with Crippen LogP contribution in [0.25, 0.3) is 0 Å². The van der Waals surface area contributed by atoms with Gasteiger partial charge in [0.2, 0.25) is 0 Å². The van der Waals surface area contributed by atoms with Crippen molar-refractivity contribution in [1.82, 2.24) is 4.98 Å². The number of aromatic carboxylic acids is 1. The molecule has 0 aliphatic rings. The molecule has 0 unspecified atom stereocenters. The smallest absolute Gasteiger partial charge is 0.339 e. The van der Waals surface area contributed by atoms with Gasteiger partial charge in [0, 0.05) is 18.9 Å². The van der Waals surface area contributed by atoms with Gasteiger partial charge in [-0.05, 0) is 30.2 Å². The average Bonchev–Trinajstić information content (AvgIpc) is 2.39. The molecule has 0 aliphatic heterocycles. The molecular formula is C14H13FN2O2. The van der Waals surface area contributed by atoms with E-state index >= 15 is 0 Å². The number of anilines is 1. The summed E-state index contributed by atoms with van der Waals surface area (Å²) in [5.74, 6) is -1.30. The first-order chi connectivity index (χ1) is 9.16. The molecule has 2 N–H and O–H groups in total. The van der Waals surface area contributed by atoms with Crippen LogP contribution in [0, 0.1) is 5.82 Å². The van der Waals surface area contributed by atoms with Gasteiger partial charge in [-0.1, -0.05) is 12.1 Å². The normalized spacial score (nSPS) is 10.2. The summed E-state index contributed by atoms with van der Waals surface area (Å²) in [4.78, 5) is 14.7. The predicted molar refractivity (Wildman–Crippen MR) is 69.8 cm³/mol. The summed E-state index contributed by atoms with van der Waals surface area (Å²) < 4.78 is 13.0. The molecule has 1 heterocycles. The van der Waals surface area contributed by atoms with Crippen LogP contribution >= 0.6 is 0 Å². The Morgan fingerprint density at radius 3 is 2.95 bits per heavy atom. The van der Waals surface area contributed by atoms with Gasteiger partial charge in [0.25, 0.3) is 0 Å². The maximum atomic E-state index is 13.0. The van der Waals surface area contributed by atoms with Gasteiger partial charge >= 0.3 is 5.97 Å². The second-order valence-corrected chi connectivity index (χ2v) is 4.03. The van der Waals surface area contributed by atoms with E-state index in [0.717, 1.165) is 5.56 Å². The summed E-state index contributed by atoms with van der Waals surface area (Å²) in [7, 11) is 0. The van der Waals surface area contributed by atoms with Gasteiger partial charge in [-0.3, -0.25) is 4.98 Å². The second-order valence-electron chi connectivity index (χ2n) is 4.03. The monoisotopic (exact) mass is 260 g/mol. The summed E-state index contributed by atoms with van der Waals surface area (Å²) in [6.07, 6.45) is 3.43. The van der Waals surface area contributed by atoms with E-state index in [0.29, 0.717) is 18.7 Å². The highest BCUT2D eigenvalue weighted by atomic mass is 19.1. The Balaban J connectivity index is 1.98. The van der Waals surface area contributed by atoms with Gasteiger partial charge in [0.15, 0.2) is 0 Å². The minimum absolute atomic E-state index is 0.127. The third-order valence-electron chi connectivity index (χ3n) is 2.67. The Morgan fingerprint density at radius 2 is 2.21 bits per heavy atom. The molecule has 0 fully saturated rings. The number of hydrogen-bond donors (Lipinski definition) is 2. The van der Waals surface area contributed by atoms with Crippen molar-refractivity contribution >= 4 is 11.7 Å². The van der Waals surface area contributed by atoms with Crippen molar-refractivity contribution in [3.05, 3.63) is 59.7 Å². The molecule has 1 aromatic heterocycles.